The fourth-order valence-corrected chi connectivity index (χ4v) is 6.41. The summed E-state index contributed by atoms with van der Waals surface area (Å²) in [6.07, 6.45) is 8.04. The second-order valence-corrected chi connectivity index (χ2v) is 15.6. The highest BCUT2D eigenvalue weighted by Gasteiger charge is 2.33. The number of carbonyl (C=O) groups is 1. The summed E-state index contributed by atoms with van der Waals surface area (Å²) in [5.41, 5.74) is 2.32. The fourth-order valence-electron chi connectivity index (χ4n) is 3.96. The molecule has 2 aromatic rings. The number of nitrogens with zero attached hydrogens (tertiary/aromatic N) is 2. The van der Waals surface area contributed by atoms with E-state index in [0.717, 1.165) is 60.5 Å². The minimum atomic E-state index is -1.78. The van der Waals surface area contributed by atoms with Crippen molar-refractivity contribution in [2.75, 3.05) is 6.61 Å². The third-order valence-corrected chi connectivity index (χ3v) is 8.35. The first-order chi connectivity index (χ1) is 15.2. The van der Waals surface area contributed by atoms with Crippen LogP contribution in [0.5, 0.6) is 0 Å². The molecule has 2 aromatic heterocycles. The minimum Gasteiger partial charge on any atom is -0.478 e. The van der Waals surface area contributed by atoms with E-state index in [1.54, 1.807) is 11.3 Å². The van der Waals surface area contributed by atoms with Crippen LogP contribution >= 0.6 is 11.3 Å². The number of ether oxygens (including phenoxy) is 1. The first kappa shape index (κ1) is 26.5. The molecule has 2 heterocycles. The van der Waals surface area contributed by atoms with Gasteiger partial charge in [0.05, 0.1) is 11.9 Å². The quantitative estimate of drug-likeness (QED) is 0.236. The Morgan fingerprint density at radius 3 is 2.47 bits per heavy atom. The second kappa shape index (κ2) is 12.5. The smallest absolute Gasteiger partial charge is 0.332 e. The molecular weight excluding hydrogens is 436 g/mol. The topological polar surface area (TPSA) is 64.3 Å². The van der Waals surface area contributed by atoms with Crippen molar-refractivity contribution in [3.8, 4) is 0 Å². The van der Waals surface area contributed by atoms with Gasteiger partial charge >= 0.3 is 5.97 Å². The number of unbranched alkanes of at least 4 members (excludes halogenated alkanes) is 2. The number of carboxylic acids is 1. The number of rotatable bonds is 14. The molecule has 7 heteroatoms. The van der Waals surface area contributed by atoms with Gasteiger partial charge < -0.3 is 14.4 Å². The standard InChI is InChI=1S/C25H40N2O3SSi/c1-7-10-14-20(21(24(28)29)17-19-13-12-16-31-19)22-18-26-23(15-11-8-2)27(22)25(30-9-3)32(4,5)6/h12-13,16,18,25H,7-11,14-15,17H2,1-6H3,(H,28,29)/b21-20-. The molecule has 1 N–H and O–H groups in total. The van der Waals surface area contributed by atoms with Gasteiger partial charge in [-0.2, -0.15) is 0 Å². The third kappa shape index (κ3) is 6.90. The summed E-state index contributed by atoms with van der Waals surface area (Å²) < 4.78 is 8.59. The average molecular weight is 477 g/mol. The maximum atomic E-state index is 12.5. The maximum absolute atomic E-state index is 12.5. The Labute approximate surface area is 198 Å². The van der Waals surface area contributed by atoms with Gasteiger partial charge in [0.2, 0.25) is 0 Å². The number of thiophene rings is 1. The van der Waals surface area contributed by atoms with Crippen LogP contribution in [-0.4, -0.2) is 35.3 Å². The molecule has 32 heavy (non-hydrogen) atoms. The largest absolute Gasteiger partial charge is 0.478 e. The molecule has 0 fully saturated rings. The van der Waals surface area contributed by atoms with Crippen LogP contribution in [0.3, 0.4) is 0 Å². The van der Waals surface area contributed by atoms with Crippen LogP contribution < -0.4 is 0 Å². The van der Waals surface area contributed by atoms with E-state index in [9.17, 15) is 9.90 Å². The van der Waals surface area contributed by atoms with Crippen molar-refractivity contribution < 1.29 is 14.6 Å². The van der Waals surface area contributed by atoms with E-state index in [1.165, 1.54) is 0 Å². The van der Waals surface area contributed by atoms with Crippen LogP contribution in [0.1, 0.15) is 75.1 Å². The predicted octanol–water partition coefficient (Wildman–Crippen LogP) is 6.97. The van der Waals surface area contributed by atoms with E-state index in [1.807, 2.05) is 30.6 Å². The molecule has 5 nitrogen and oxygen atoms in total. The molecule has 0 spiro atoms. The normalized spacial score (nSPS) is 13.8. The minimum absolute atomic E-state index is 0.0785. The van der Waals surface area contributed by atoms with Crippen LogP contribution in [0, 0.1) is 0 Å². The SMILES string of the molecule is CCCC/C(=C(\Cc1cccs1)C(=O)O)c1cnc(CCCC)n1C(OCC)[Si](C)(C)C. The fraction of sp³-hybridized carbons (Fsp3) is 0.600. The number of imidazole rings is 1. The molecule has 0 aliphatic rings. The van der Waals surface area contributed by atoms with Crippen molar-refractivity contribution in [2.24, 2.45) is 0 Å². The van der Waals surface area contributed by atoms with E-state index in [0.29, 0.717) is 18.6 Å². The number of carboxylic acid groups (broad SMARTS) is 1. The lowest BCUT2D eigenvalue weighted by atomic mass is 9.96. The lowest BCUT2D eigenvalue weighted by Gasteiger charge is -2.33. The molecule has 1 unspecified atom stereocenters. The Balaban J connectivity index is 2.74. The second-order valence-electron chi connectivity index (χ2n) is 9.33. The van der Waals surface area contributed by atoms with Crippen molar-refractivity contribution in [2.45, 2.75) is 91.2 Å². The Kier molecular flexibility index (Phi) is 10.4. The van der Waals surface area contributed by atoms with Crippen LogP contribution in [0.15, 0.2) is 29.3 Å². The molecule has 1 atom stereocenters. The van der Waals surface area contributed by atoms with Crippen molar-refractivity contribution >= 4 is 31.0 Å². The summed E-state index contributed by atoms with van der Waals surface area (Å²) in [6, 6.07) is 3.99. The van der Waals surface area contributed by atoms with Gasteiger partial charge in [-0.25, -0.2) is 9.78 Å². The van der Waals surface area contributed by atoms with E-state index >= 15 is 0 Å². The monoisotopic (exact) mass is 476 g/mol. The van der Waals surface area contributed by atoms with Gasteiger partial charge in [0, 0.05) is 29.9 Å². The van der Waals surface area contributed by atoms with Gasteiger partial charge in [0.15, 0.2) is 0 Å². The predicted molar refractivity (Wildman–Crippen MR) is 137 cm³/mol. The number of hydrogen-bond donors (Lipinski definition) is 1. The lowest BCUT2D eigenvalue weighted by Crippen LogP contribution is -2.39. The summed E-state index contributed by atoms with van der Waals surface area (Å²) in [5.74, 6) is 0.0937. The van der Waals surface area contributed by atoms with E-state index in [2.05, 4.69) is 38.1 Å². The van der Waals surface area contributed by atoms with E-state index in [-0.39, 0.29) is 5.85 Å². The molecule has 0 bridgehead atoms. The highest BCUT2D eigenvalue weighted by atomic mass is 32.1. The Morgan fingerprint density at radius 1 is 1.22 bits per heavy atom. The average Bonchev–Trinajstić information content (AvgIpc) is 3.39. The molecule has 178 valence electrons. The van der Waals surface area contributed by atoms with Crippen LogP contribution in [-0.2, 0) is 22.4 Å². The van der Waals surface area contributed by atoms with Crippen molar-refractivity contribution in [1.82, 2.24) is 9.55 Å². The molecule has 0 saturated carbocycles. The van der Waals surface area contributed by atoms with Gasteiger partial charge in [-0.15, -0.1) is 11.3 Å². The van der Waals surface area contributed by atoms with Gasteiger partial charge in [0.1, 0.15) is 19.7 Å². The maximum Gasteiger partial charge on any atom is 0.332 e. The summed E-state index contributed by atoms with van der Waals surface area (Å²) in [5, 5.41) is 12.2. The van der Waals surface area contributed by atoms with Gasteiger partial charge in [0.25, 0.3) is 0 Å². The van der Waals surface area contributed by atoms with E-state index in [4.69, 9.17) is 9.72 Å². The van der Waals surface area contributed by atoms with Gasteiger partial charge in [-0.1, -0.05) is 52.4 Å². The van der Waals surface area contributed by atoms with Crippen LogP contribution in [0.4, 0.5) is 0 Å². The first-order valence-electron chi connectivity index (χ1n) is 11.9. The molecule has 0 aromatic carbocycles. The highest BCUT2D eigenvalue weighted by Crippen LogP contribution is 2.34. The number of aliphatic carboxylic acids is 1. The number of hydrogen-bond acceptors (Lipinski definition) is 4. The Hall–Kier alpha value is -1.70. The number of allylic oxidation sites excluding steroid dienone is 1. The molecule has 2 rings (SSSR count). The third-order valence-electron chi connectivity index (χ3n) is 5.57. The molecule has 0 amide bonds. The van der Waals surface area contributed by atoms with Crippen LogP contribution in [0.2, 0.25) is 19.6 Å². The number of aromatic nitrogens is 2. The molecular formula is C25H40N2O3SSi. The first-order valence-corrected chi connectivity index (χ1v) is 16.4. The highest BCUT2D eigenvalue weighted by molar-refractivity contribution is 7.09. The lowest BCUT2D eigenvalue weighted by molar-refractivity contribution is -0.132. The summed E-state index contributed by atoms with van der Waals surface area (Å²) >= 11 is 1.61. The van der Waals surface area contributed by atoms with Crippen molar-refractivity contribution in [1.29, 1.82) is 0 Å². The molecule has 0 saturated heterocycles. The van der Waals surface area contributed by atoms with E-state index < -0.39 is 14.0 Å². The molecule has 0 radical (unpaired) electrons. The number of aryl methyl sites for hydroxylation is 1. The summed E-state index contributed by atoms with van der Waals surface area (Å²) in [4.78, 5) is 18.4. The zero-order valence-corrected chi connectivity index (χ0v) is 22.4. The molecule has 0 aliphatic heterocycles. The zero-order chi connectivity index (χ0) is 23.7. The zero-order valence-electron chi connectivity index (χ0n) is 20.6. The molecule has 0 aliphatic carbocycles. The van der Waals surface area contributed by atoms with Gasteiger partial charge in [-0.05, 0) is 43.2 Å². The van der Waals surface area contributed by atoms with Crippen molar-refractivity contribution in [3.63, 3.8) is 0 Å². The van der Waals surface area contributed by atoms with Crippen molar-refractivity contribution in [3.05, 3.63) is 45.7 Å². The Morgan fingerprint density at radius 2 is 1.94 bits per heavy atom. The summed E-state index contributed by atoms with van der Waals surface area (Å²) in [6.45, 7) is 13.9. The van der Waals surface area contributed by atoms with Gasteiger partial charge in [-0.3, -0.25) is 0 Å². The van der Waals surface area contributed by atoms with Crippen LogP contribution in [0.25, 0.3) is 5.57 Å². The Bertz CT molecular complexity index is 882. The summed E-state index contributed by atoms with van der Waals surface area (Å²) in [7, 11) is -1.78.